The van der Waals surface area contributed by atoms with Gasteiger partial charge in [0.1, 0.15) is 0 Å². The lowest BCUT2D eigenvalue weighted by atomic mass is 9.89. The van der Waals surface area contributed by atoms with Crippen molar-refractivity contribution in [3.8, 4) is 12.1 Å². The number of hydrogen-bond acceptors (Lipinski definition) is 6. The monoisotopic (exact) mass is 306 g/mol. The summed E-state index contributed by atoms with van der Waals surface area (Å²) in [5, 5.41) is 27.2. The second-order valence-corrected chi connectivity index (χ2v) is 6.30. The minimum atomic E-state index is -1.17. The maximum Gasteiger partial charge on any atom is 0.188 e. The van der Waals surface area contributed by atoms with Crippen LogP contribution in [0.5, 0.6) is 0 Å². The van der Waals surface area contributed by atoms with Crippen molar-refractivity contribution in [1.82, 2.24) is 0 Å². The summed E-state index contributed by atoms with van der Waals surface area (Å²) in [7, 11) is 3.12. The summed E-state index contributed by atoms with van der Waals surface area (Å²) in [5.74, 6) is 0.610. The SMILES string of the molecule is CO/C(C)=C(/C)C(C)(C#N)N=NC(C)(C#N)CC(C)(C)OC. The van der Waals surface area contributed by atoms with E-state index in [1.807, 2.05) is 13.8 Å². The molecular weight excluding hydrogens is 280 g/mol. The van der Waals surface area contributed by atoms with Crippen molar-refractivity contribution < 1.29 is 9.47 Å². The van der Waals surface area contributed by atoms with Gasteiger partial charge in [0.2, 0.25) is 0 Å². The molecular formula is C16H26N4O2. The first-order valence-corrected chi connectivity index (χ1v) is 7.03. The average molecular weight is 306 g/mol. The molecule has 0 aromatic heterocycles. The predicted octanol–water partition coefficient (Wildman–Crippen LogP) is 3.76. The van der Waals surface area contributed by atoms with Gasteiger partial charge in [0.15, 0.2) is 11.1 Å². The summed E-state index contributed by atoms with van der Waals surface area (Å²) in [6.45, 7) is 10.6. The van der Waals surface area contributed by atoms with Crippen LogP contribution in [0.4, 0.5) is 0 Å². The van der Waals surface area contributed by atoms with E-state index in [9.17, 15) is 10.5 Å². The van der Waals surface area contributed by atoms with E-state index in [0.717, 1.165) is 0 Å². The number of nitrogens with zero attached hydrogens (tertiary/aromatic N) is 4. The molecule has 22 heavy (non-hydrogen) atoms. The number of azo groups is 1. The van der Waals surface area contributed by atoms with E-state index in [1.54, 1.807) is 34.8 Å². The molecule has 6 heteroatoms. The molecule has 0 heterocycles. The van der Waals surface area contributed by atoms with Gasteiger partial charge < -0.3 is 9.47 Å². The van der Waals surface area contributed by atoms with Crippen LogP contribution >= 0.6 is 0 Å². The summed E-state index contributed by atoms with van der Waals surface area (Å²) in [5.41, 5.74) is -2.10. The Balaban J connectivity index is 5.62. The standard InChI is InChI=1S/C16H26N4O2/c1-12(13(2)21-7)16(6,11-18)20-19-15(5,10-17)9-14(3,4)22-8/h9H2,1-8H3/b13-12-,20-19?. The zero-order valence-electron chi connectivity index (χ0n) is 14.8. The van der Waals surface area contributed by atoms with Crippen molar-refractivity contribution in [2.75, 3.05) is 14.2 Å². The number of allylic oxidation sites excluding steroid dienone is 1. The Bertz CT molecular complexity index is 539. The molecule has 0 amide bonds. The first kappa shape index (κ1) is 20.1. The van der Waals surface area contributed by atoms with Gasteiger partial charge in [0, 0.05) is 19.1 Å². The first-order chi connectivity index (χ1) is 9.99. The van der Waals surface area contributed by atoms with Crippen molar-refractivity contribution in [1.29, 1.82) is 10.5 Å². The van der Waals surface area contributed by atoms with Crippen molar-refractivity contribution in [3.05, 3.63) is 11.3 Å². The summed E-state index contributed by atoms with van der Waals surface area (Å²) in [6, 6.07) is 4.28. The fraction of sp³-hybridized carbons (Fsp3) is 0.750. The third kappa shape index (κ3) is 5.13. The Kier molecular flexibility index (Phi) is 6.73. The zero-order chi connectivity index (χ0) is 17.6. The third-order valence-corrected chi connectivity index (χ3v) is 3.82. The van der Waals surface area contributed by atoms with Gasteiger partial charge in [-0.2, -0.15) is 20.8 Å². The third-order valence-electron chi connectivity index (χ3n) is 3.82. The predicted molar refractivity (Wildman–Crippen MR) is 84.0 cm³/mol. The van der Waals surface area contributed by atoms with E-state index in [0.29, 0.717) is 17.8 Å². The van der Waals surface area contributed by atoms with Crippen molar-refractivity contribution in [3.63, 3.8) is 0 Å². The molecule has 0 saturated heterocycles. The van der Waals surface area contributed by atoms with Crippen LogP contribution in [0, 0.1) is 22.7 Å². The average Bonchev–Trinajstić information content (AvgIpc) is 2.50. The highest BCUT2D eigenvalue weighted by Gasteiger charge is 2.35. The molecule has 0 bridgehead atoms. The molecule has 0 rings (SSSR count). The van der Waals surface area contributed by atoms with Crippen LogP contribution in [0.3, 0.4) is 0 Å². The molecule has 2 unspecified atom stereocenters. The van der Waals surface area contributed by atoms with E-state index in [1.165, 1.54) is 7.11 Å². The Labute approximate surface area is 133 Å². The molecule has 0 fully saturated rings. The Morgan fingerprint density at radius 2 is 1.55 bits per heavy atom. The summed E-state index contributed by atoms with van der Waals surface area (Å²) >= 11 is 0. The lowest BCUT2D eigenvalue weighted by molar-refractivity contribution is 0.00469. The number of ether oxygens (including phenoxy) is 2. The molecule has 0 saturated carbocycles. The van der Waals surface area contributed by atoms with Crippen LogP contribution in [0.1, 0.15) is 48.0 Å². The van der Waals surface area contributed by atoms with E-state index in [-0.39, 0.29) is 0 Å². The van der Waals surface area contributed by atoms with Crippen molar-refractivity contribution in [2.24, 2.45) is 10.2 Å². The largest absolute Gasteiger partial charge is 0.501 e. The topological polar surface area (TPSA) is 90.8 Å². The van der Waals surface area contributed by atoms with Crippen LogP contribution in [0.25, 0.3) is 0 Å². The van der Waals surface area contributed by atoms with E-state index < -0.39 is 16.7 Å². The zero-order valence-corrected chi connectivity index (χ0v) is 14.8. The van der Waals surface area contributed by atoms with Crippen LogP contribution in [0.2, 0.25) is 0 Å². The van der Waals surface area contributed by atoms with Gasteiger partial charge in [-0.05, 0) is 41.5 Å². The second-order valence-electron chi connectivity index (χ2n) is 6.30. The van der Waals surface area contributed by atoms with Gasteiger partial charge in [-0.3, -0.25) is 0 Å². The molecule has 0 spiro atoms. The minimum Gasteiger partial charge on any atom is -0.501 e. The van der Waals surface area contributed by atoms with Gasteiger partial charge in [-0.15, -0.1) is 0 Å². The van der Waals surface area contributed by atoms with Gasteiger partial charge in [-0.1, -0.05) is 0 Å². The number of rotatable bonds is 7. The van der Waals surface area contributed by atoms with Crippen LogP contribution in [-0.4, -0.2) is 30.9 Å². The molecule has 0 aromatic carbocycles. The van der Waals surface area contributed by atoms with Gasteiger partial charge in [0.25, 0.3) is 0 Å². The fourth-order valence-corrected chi connectivity index (χ4v) is 1.89. The number of nitriles is 2. The number of hydrogen-bond donors (Lipinski definition) is 0. The Morgan fingerprint density at radius 1 is 1.00 bits per heavy atom. The van der Waals surface area contributed by atoms with Crippen molar-refractivity contribution in [2.45, 2.75) is 64.6 Å². The lowest BCUT2D eigenvalue weighted by Crippen LogP contribution is -2.35. The fourth-order valence-electron chi connectivity index (χ4n) is 1.89. The smallest absolute Gasteiger partial charge is 0.188 e. The summed E-state index contributed by atoms with van der Waals surface area (Å²) in [6.07, 6.45) is 0.365. The maximum atomic E-state index is 9.45. The molecule has 0 N–H and O–H groups in total. The lowest BCUT2D eigenvalue weighted by Gasteiger charge is -2.29. The highest BCUT2D eigenvalue weighted by molar-refractivity contribution is 5.29. The molecule has 0 aliphatic rings. The van der Waals surface area contributed by atoms with Crippen molar-refractivity contribution >= 4 is 0 Å². The molecule has 0 radical (unpaired) electrons. The van der Waals surface area contributed by atoms with E-state index >= 15 is 0 Å². The highest BCUT2D eigenvalue weighted by atomic mass is 16.5. The molecule has 0 aliphatic heterocycles. The van der Waals surface area contributed by atoms with Gasteiger partial charge in [0.05, 0.1) is 30.6 Å². The maximum absolute atomic E-state index is 9.45. The summed E-state index contributed by atoms with van der Waals surface area (Å²) < 4.78 is 10.5. The van der Waals surface area contributed by atoms with Gasteiger partial charge in [-0.25, -0.2) is 0 Å². The van der Waals surface area contributed by atoms with Gasteiger partial charge >= 0.3 is 0 Å². The van der Waals surface area contributed by atoms with Crippen LogP contribution < -0.4 is 0 Å². The molecule has 6 nitrogen and oxygen atoms in total. The minimum absolute atomic E-state index is 0.365. The van der Waals surface area contributed by atoms with Crippen LogP contribution in [-0.2, 0) is 9.47 Å². The molecule has 2 atom stereocenters. The Morgan fingerprint density at radius 3 is 1.91 bits per heavy atom. The van der Waals surface area contributed by atoms with E-state index in [2.05, 4.69) is 22.4 Å². The summed E-state index contributed by atoms with van der Waals surface area (Å²) in [4.78, 5) is 0. The normalized spacial score (nSPS) is 18.6. The molecule has 0 aliphatic carbocycles. The molecule has 122 valence electrons. The second kappa shape index (κ2) is 7.38. The number of methoxy groups -OCH3 is 2. The quantitative estimate of drug-likeness (QED) is 0.529. The molecule has 0 aromatic rings. The van der Waals surface area contributed by atoms with E-state index in [4.69, 9.17) is 9.47 Å². The Hall–Kier alpha value is -1.92. The van der Waals surface area contributed by atoms with Crippen LogP contribution in [0.15, 0.2) is 21.6 Å². The first-order valence-electron chi connectivity index (χ1n) is 7.03. The highest BCUT2D eigenvalue weighted by Crippen LogP contribution is 2.30.